The van der Waals surface area contributed by atoms with Gasteiger partial charge in [0.1, 0.15) is 0 Å². The number of rotatable bonds is 3. The maximum atomic E-state index is 12.7. The van der Waals surface area contributed by atoms with Crippen LogP contribution < -0.4 is 10.6 Å². The molecular weight excluding hydrogens is 342 g/mol. The number of likely N-dealkylation sites (tertiary alicyclic amines) is 1. The number of carbonyl (C=O) groups is 1. The van der Waals surface area contributed by atoms with Crippen LogP contribution in [0.5, 0.6) is 0 Å². The zero-order valence-electron chi connectivity index (χ0n) is 16.0. The quantitative estimate of drug-likeness (QED) is 0.781. The number of aryl methyl sites for hydroxylation is 2. The Labute approximate surface area is 162 Å². The minimum absolute atomic E-state index is 0.278. The van der Waals surface area contributed by atoms with Crippen molar-refractivity contribution in [3.05, 3.63) is 29.3 Å². The minimum Gasteiger partial charge on any atom is -0.360 e. The summed E-state index contributed by atoms with van der Waals surface area (Å²) in [5.41, 5.74) is 3.47. The van der Waals surface area contributed by atoms with E-state index in [1.54, 1.807) is 0 Å². The number of benzene rings is 1. The molecule has 142 valence electrons. The zero-order chi connectivity index (χ0) is 18.5. The van der Waals surface area contributed by atoms with Gasteiger partial charge in [-0.2, -0.15) is 0 Å². The fourth-order valence-electron chi connectivity index (χ4n) is 4.07. The molecule has 1 aliphatic heterocycles. The highest BCUT2D eigenvalue weighted by Gasteiger charge is 2.29. The molecule has 1 aromatic rings. The first-order chi connectivity index (χ1) is 12.5. The summed E-state index contributed by atoms with van der Waals surface area (Å²) in [5.74, 6) is 0.666. The van der Waals surface area contributed by atoms with Crippen LogP contribution in [0.2, 0.25) is 0 Å². The third kappa shape index (κ3) is 4.97. The Kier molecular flexibility index (Phi) is 6.52. The average Bonchev–Trinajstić information content (AvgIpc) is 2.65. The predicted molar refractivity (Wildman–Crippen MR) is 111 cm³/mol. The van der Waals surface area contributed by atoms with Gasteiger partial charge in [-0.1, -0.05) is 31.4 Å². The summed E-state index contributed by atoms with van der Waals surface area (Å²) < 4.78 is 0. The van der Waals surface area contributed by atoms with Crippen LogP contribution in [0.15, 0.2) is 18.2 Å². The van der Waals surface area contributed by atoms with E-state index in [4.69, 9.17) is 12.2 Å². The Bertz CT molecular complexity index is 647. The normalized spacial score (nSPS) is 19.2. The second-order valence-corrected chi connectivity index (χ2v) is 8.26. The van der Waals surface area contributed by atoms with Crippen molar-refractivity contribution >= 4 is 28.9 Å². The number of thiocarbonyl (C=S) groups is 1. The van der Waals surface area contributed by atoms with E-state index in [1.165, 1.54) is 30.4 Å². The van der Waals surface area contributed by atoms with Gasteiger partial charge in [0.05, 0.1) is 0 Å². The van der Waals surface area contributed by atoms with Gasteiger partial charge in [-0.15, -0.1) is 0 Å². The fourth-order valence-corrected chi connectivity index (χ4v) is 4.34. The van der Waals surface area contributed by atoms with E-state index in [2.05, 4.69) is 47.6 Å². The Morgan fingerprint density at radius 1 is 1.08 bits per heavy atom. The molecule has 4 nitrogen and oxygen atoms in total. The first-order valence-corrected chi connectivity index (χ1v) is 10.4. The van der Waals surface area contributed by atoms with Gasteiger partial charge in [-0.3, -0.25) is 4.79 Å². The summed E-state index contributed by atoms with van der Waals surface area (Å²) in [7, 11) is 0. The number of nitrogens with one attached hydrogen (secondary N) is 2. The molecule has 1 saturated heterocycles. The Morgan fingerprint density at radius 2 is 1.77 bits per heavy atom. The van der Waals surface area contributed by atoms with Crippen LogP contribution in [0.4, 0.5) is 5.69 Å². The highest BCUT2D eigenvalue weighted by molar-refractivity contribution is 7.80. The molecule has 1 saturated carbocycles. The molecule has 5 heteroatoms. The first kappa shape index (κ1) is 19.2. The summed E-state index contributed by atoms with van der Waals surface area (Å²) in [4.78, 5) is 14.7. The highest BCUT2D eigenvalue weighted by Crippen LogP contribution is 2.26. The molecule has 26 heavy (non-hydrogen) atoms. The zero-order valence-corrected chi connectivity index (χ0v) is 16.8. The van der Waals surface area contributed by atoms with Crippen LogP contribution in [0.3, 0.4) is 0 Å². The molecule has 0 bridgehead atoms. The first-order valence-electron chi connectivity index (χ1n) is 9.96. The molecular formula is C21H31N3OS. The van der Waals surface area contributed by atoms with E-state index in [0.717, 1.165) is 44.5 Å². The van der Waals surface area contributed by atoms with Crippen molar-refractivity contribution < 1.29 is 4.79 Å². The van der Waals surface area contributed by atoms with Crippen LogP contribution in [0, 0.1) is 19.8 Å². The molecule has 1 amide bonds. The molecule has 0 unspecified atom stereocenters. The van der Waals surface area contributed by atoms with Gasteiger partial charge in [0, 0.05) is 30.7 Å². The average molecular weight is 374 g/mol. The van der Waals surface area contributed by atoms with Crippen molar-refractivity contribution in [1.82, 2.24) is 10.2 Å². The summed E-state index contributed by atoms with van der Waals surface area (Å²) in [6.07, 6.45) is 7.82. The molecule has 2 N–H and O–H groups in total. The van der Waals surface area contributed by atoms with E-state index in [0.29, 0.717) is 17.1 Å². The molecule has 0 radical (unpaired) electrons. The third-order valence-electron chi connectivity index (χ3n) is 5.74. The molecule has 0 spiro atoms. The SMILES string of the molecule is Cc1ccc(C)c(NC(=S)NC2CCN(C(=O)C3CCCCC3)CC2)c1. The Balaban J connectivity index is 1.45. The predicted octanol–water partition coefficient (Wildman–Crippen LogP) is 4.16. The van der Waals surface area contributed by atoms with E-state index < -0.39 is 0 Å². The molecule has 1 heterocycles. The van der Waals surface area contributed by atoms with Crippen LogP contribution in [0.1, 0.15) is 56.1 Å². The lowest BCUT2D eigenvalue weighted by molar-refractivity contribution is -0.137. The summed E-state index contributed by atoms with van der Waals surface area (Å²) in [5, 5.41) is 7.44. The lowest BCUT2D eigenvalue weighted by Gasteiger charge is -2.35. The lowest BCUT2D eigenvalue weighted by atomic mass is 9.87. The van der Waals surface area contributed by atoms with Crippen molar-refractivity contribution in [1.29, 1.82) is 0 Å². The molecule has 2 aliphatic rings. The van der Waals surface area contributed by atoms with Crippen molar-refractivity contribution in [3.8, 4) is 0 Å². The number of hydrogen-bond acceptors (Lipinski definition) is 2. The number of anilines is 1. The van der Waals surface area contributed by atoms with Gasteiger partial charge in [-0.25, -0.2) is 0 Å². The van der Waals surface area contributed by atoms with Crippen molar-refractivity contribution in [2.45, 2.75) is 64.8 Å². The van der Waals surface area contributed by atoms with E-state index in [9.17, 15) is 4.79 Å². The number of piperidine rings is 1. The van der Waals surface area contributed by atoms with Gasteiger partial charge in [0.25, 0.3) is 0 Å². The van der Waals surface area contributed by atoms with Crippen LogP contribution in [0.25, 0.3) is 0 Å². The molecule has 1 aliphatic carbocycles. The van der Waals surface area contributed by atoms with Gasteiger partial charge >= 0.3 is 0 Å². The topological polar surface area (TPSA) is 44.4 Å². The molecule has 1 aromatic carbocycles. The van der Waals surface area contributed by atoms with E-state index in [-0.39, 0.29) is 5.92 Å². The maximum absolute atomic E-state index is 12.7. The summed E-state index contributed by atoms with van der Waals surface area (Å²) >= 11 is 5.50. The molecule has 3 rings (SSSR count). The molecule has 0 aromatic heterocycles. The van der Waals surface area contributed by atoms with E-state index in [1.807, 2.05) is 0 Å². The second-order valence-electron chi connectivity index (χ2n) is 7.85. The van der Waals surface area contributed by atoms with Gasteiger partial charge in [-0.05, 0) is 68.9 Å². The number of carbonyl (C=O) groups excluding carboxylic acids is 1. The van der Waals surface area contributed by atoms with E-state index >= 15 is 0 Å². The van der Waals surface area contributed by atoms with Crippen molar-refractivity contribution in [3.63, 3.8) is 0 Å². The number of hydrogen-bond donors (Lipinski definition) is 2. The van der Waals surface area contributed by atoms with Crippen LogP contribution in [-0.2, 0) is 4.79 Å². The standard InChI is InChI=1S/C21H31N3OS/c1-15-8-9-16(2)19(14-15)23-21(26)22-18-10-12-24(13-11-18)20(25)17-6-4-3-5-7-17/h8-9,14,17-18H,3-7,10-13H2,1-2H3,(H2,22,23,26). The summed E-state index contributed by atoms with van der Waals surface area (Å²) in [6.45, 7) is 5.86. The minimum atomic E-state index is 0.278. The van der Waals surface area contributed by atoms with Crippen LogP contribution in [-0.4, -0.2) is 35.1 Å². The number of nitrogens with zero attached hydrogens (tertiary/aromatic N) is 1. The fraction of sp³-hybridized carbons (Fsp3) is 0.619. The lowest BCUT2D eigenvalue weighted by Crippen LogP contribution is -2.49. The maximum Gasteiger partial charge on any atom is 0.225 e. The highest BCUT2D eigenvalue weighted by atomic mass is 32.1. The second kappa shape index (κ2) is 8.85. The smallest absolute Gasteiger partial charge is 0.225 e. The van der Waals surface area contributed by atoms with Crippen molar-refractivity contribution in [2.24, 2.45) is 5.92 Å². The Hall–Kier alpha value is -1.62. The van der Waals surface area contributed by atoms with Gasteiger partial charge in [0.15, 0.2) is 5.11 Å². The summed E-state index contributed by atoms with van der Waals surface area (Å²) in [6, 6.07) is 6.68. The van der Waals surface area contributed by atoms with Gasteiger partial charge < -0.3 is 15.5 Å². The molecule has 0 atom stereocenters. The van der Waals surface area contributed by atoms with Gasteiger partial charge in [0.2, 0.25) is 5.91 Å². The monoisotopic (exact) mass is 373 g/mol. The largest absolute Gasteiger partial charge is 0.360 e. The number of amides is 1. The third-order valence-corrected chi connectivity index (χ3v) is 5.96. The Morgan fingerprint density at radius 3 is 2.46 bits per heavy atom. The van der Waals surface area contributed by atoms with Crippen LogP contribution >= 0.6 is 12.2 Å². The van der Waals surface area contributed by atoms with Crippen molar-refractivity contribution in [2.75, 3.05) is 18.4 Å². The molecule has 2 fully saturated rings.